The van der Waals surface area contributed by atoms with Crippen LogP contribution in [0.5, 0.6) is 0 Å². The number of aromatic nitrogens is 2. The molecule has 1 fully saturated rings. The zero-order valence-corrected chi connectivity index (χ0v) is 18.6. The van der Waals surface area contributed by atoms with Crippen molar-refractivity contribution in [2.75, 3.05) is 33.3 Å². The highest BCUT2D eigenvalue weighted by Crippen LogP contribution is 2.26. The number of morpholine rings is 1. The lowest BCUT2D eigenvalue weighted by Crippen LogP contribution is -2.47. The predicted octanol–water partition coefficient (Wildman–Crippen LogP) is 3.87. The molecule has 0 saturated carbocycles. The lowest BCUT2D eigenvalue weighted by atomic mass is 10.1. The first-order valence-electron chi connectivity index (χ1n) is 10.5. The molecule has 0 bridgehead atoms. The molecule has 1 atom stereocenters. The minimum absolute atomic E-state index is 0.0867. The highest BCUT2D eigenvalue weighted by molar-refractivity contribution is 6.30. The van der Waals surface area contributed by atoms with Crippen molar-refractivity contribution < 1.29 is 9.53 Å². The van der Waals surface area contributed by atoms with Crippen LogP contribution < -0.4 is 0 Å². The normalized spacial score (nSPS) is 16.6. The summed E-state index contributed by atoms with van der Waals surface area (Å²) in [5.74, 6) is 0.126. The molecule has 1 aliphatic rings. The topological polar surface area (TPSA) is 50.6 Å². The molecule has 7 heteroatoms. The second-order valence-corrected chi connectivity index (χ2v) is 8.42. The first kappa shape index (κ1) is 21.6. The molecule has 3 aromatic rings. The molecular formula is C24H27ClN4O2. The summed E-state index contributed by atoms with van der Waals surface area (Å²) >= 11 is 6.08. The summed E-state index contributed by atoms with van der Waals surface area (Å²) in [6, 6.07) is 17.7. The molecule has 0 aliphatic carbocycles. The van der Waals surface area contributed by atoms with Gasteiger partial charge in [0.25, 0.3) is 0 Å². The van der Waals surface area contributed by atoms with Gasteiger partial charge in [-0.2, -0.15) is 5.10 Å². The van der Waals surface area contributed by atoms with E-state index < -0.39 is 0 Å². The number of hydrogen-bond acceptors (Lipinski definition) is 4. The Labute approximate surface area is 188 Å². The van der Waals surface area contributed by atoms with Gasteiger partial charge >= 0.3 is 0 Å². The second-order valence-electron chi connectivity index (χ2n) is 7.98. The number of para-hydroxylation sites is 1. The highest BCUT2D eigenvalue weighted by Gasteiger charge is 2.23. The van der Waals surface area contributed by atoms with Crippen LogP contribution in [0.4, 0.5) is 0 Å². The van der Waals surface area contributed by atoms with E-state index in [9.17, 15) is 4.79 Å². The molecule has 2 aromatic carbocycles. The summed E-state index contributed by atoms with van der Waals surface area (Å²) in [6.07, 6.45) is 2.13. The fourth-order valence-corrected chi connectivity index (χ4v) is 3.94. The van der Waals surface area contributed by atoms with Crippen molar-refractivity contribution in [3.63, 3.8) is 0 Å². The maximum absolute atomic E-state index is 12.8. The third-order valence-corrected chi connectivity index (χ3v) is 5.62. The molecule has 6 nitrogen and oxygen atoms in total. The summed E-state index contributed by atoms with van der Waals surface area (Å²) in [4.78, 5) is 16.7. The summed E-state index contributed by atoms with van der Waals surface area (Å²) in [6.45, 7) is 4.86. The molecule has 162 valence electrons. The lowest BCUT2D eigenvalue weighted by Gasteiger charge is -2.32. The highest BCUT2D eigenvalue weighted by atomic mass is 35.5. The Morgan fingerprint density at radius 1 is 1.19 bits per heavy atom. The fourth-order valence-electron chi connectivity index (χ4n) is 3.81. The third-order valence-electron chi connectivity index (χ3n) is 5.37. The minimum Gasteiger partial charge on any atom is -0.375 e. The molecule has 4 rings (SSSR count). The predicted molar refractivity (Wildman–Crippen MR) is 122 cm³/mol. The number of carbonyl (C=O) groups is 1. The average Bonchev–Trinajstić information content (AvgIpc) is 3.18. The van der Waals surface area contributed by atoms with Crippen LogP contribution in [0.1, 0.15) is 12.5 Å². The molecule has 1 saturated heterocycles. The molecule has 2 heterocycles. The van der Waals surface area contributed by atoms with Gasteiger partial charge < -0.3 is 9.64 Å². The van der Waals surface area contributed by atoms with Crippen molar-refractivity contribution in [2.24, 2.45) is 0 Å². The number of ether oxygens (including phenoxy) is 1. The van der Waals surface area contributed by atoms with Crippen LogP contribution in [0.15, 0.2) is 60.8 Å². The largest absolute Gasteiger partial charge is 0.375 e. The number of nitrogens with zero attached hydrogens (tertiary/aromatic N) is 4. The molecule has 0 N–H and O–H groups in total. The van der Waals surface area contributed by atoms with E-state index >= 15 is 0 Å². The summed E-state index contributed by atoms with van der Waals surface area (Å²) in [7, 11) is 1.97. The molecule has 0 spiro atoms. The molecule has 31 heavy (non-hydrogen) atoms. The van der Waals surface area contributed by atoms with E-state index in [4.69, 9.17) is 21.4 Å². The maximum Gasteiger partial charge on any atom is 0.236 e. The van der Waals surface area contributed by atoms with Gasteiger partial charge in [-0.15, -0.1) is 0 Å². The van der Waals surface area contributed by atoms with Gasteiger partial charge in [0.1, 0.15) is 0 Å². The molecule has 1 aromatic heterocycles. The van der Waals surface area contributed by atoms with Gasteiger partial charge in [0, 0.05) is 42.0 Å². The zero-order chi connectivity index (χ0) is 21.8. The zero-order valence-electron chi connectivity index (χ0n) is 17.9. The molecule has 1 aliphatic heterocycles. The Kier molecular flexibility index (Phi) is 6.70. The van der Waals surface area contributed by atoms with Crippen molar-refractivity contribution in [3.05, 3.63) is 71.4 Å². The lowest BCUT2D eigenvalue weighted by molar-refractivity contribution is -0.139. The number of likely N-dealkylation sites (N-methyl/N-ethyl adjacent to an activating group) is 1. The van der Waals surface area contributed by atoms with Crippen LogP contribution in [-0.4, -0.2) is 64.9 Å². The molecular weight excluding hydrogens is 412 g/mol. The maximum atomic E-state index is 12.8. The Balaban J connectivity index is 1.55. The Morgan fingerprint density at radius 3 is 2.65 bits per heavy atom. The number of amides is 1. The van der Waals surface area contributed by atoms with Gasteiger partial charge in [0.05, 0.1) is 30.6 Å². The number of benzene rings is 2. The van der Waals surface area contributed by atoms with E-state index in [1.807, 2.05) is 89.2 Å². The second kappa shape index (κ2) is 9.64. The minimum atomic E-state index is 0.0867. The van der Waals surface area contributed by atoms with Crippen LogP contribution in [0.25, 0.3) is 16.9 Å². The quantitative estimate of drug-likeness (QED) is 0.586. The standard InChI is InChI=1S/C24H27ClN4O2/c1-18-14-28(12-13-31-18)23(30)17-27(2)15-20-16-29(22-6-4-3-5-7-22)26-24(20)19-8-10-21(25)11-9-19/h3-11,16,18H,12-15,17H2,1-2H3. The van der Waals surface area contributed by atoms with Gasteiger partial charge in [0.2, 0.25) is 5.91 Å². The Hall–Kier alpha value is -2.67. The summed E-state index contributed by atoms with van der Waals surface area (Å²) < 4.78 is 7.44. The first-order valence-corrected chi connectivity index (χ1v) is 10.9. The van der Waals surface area contributed by atoms with Crippen LogP contribution in [-0.2, 0) is 16.1 Å². The smallest absolute Gasteiger partial charge is 0.236 e. The van der Waals surface area contributed by atoms with Crippen LogP contribution in [0, 0.1) is 0 Å². The number of carbonyl (C=O) groups excluding carboxylic acids is 1. The van der Waals surface area contributed by atoms with Crippen molar-refractivity contribution in [2.45, 2.75) is 19.6 Å². The first-order chi connectivity index (χ1) is 15.0. The number of rotatable bonds is 6. The van der Waals surface area contributed by atoms with Crippen molar-refractivity contribution in [3.8, 4) is 16.9 Å². The van der Waals surface area contributed by atoms with E-state index in [0.29, 0.717) is 37.8 Å². The fraction of sp³-hybridized carbons (Fsp3) is 0.333. The van der Waals surface area contributed by atoms with E-state index in [1.54, 1.807) is 0 Å². The Bertz CT molecular complexity index is 1020. The SMILES string of the molecule is CC1CN(C(=O)CN(C)Cc2cn(-c3ccccc3)nc2-c2ccc(Cl)cc2)CCO1. The number of hydrogen-bond donors (Lipinski definition) is 0. The van der Waals surface area contributed by atoms with Crippen molar-refractivity contribution >= 4 is 17.5 Å². The van der Waals surface area contributed by atoms with Crippen LogP contribution >= 0.6 is 11.6 Å². The van der Waals surface area contributed by atoms with Crippen molar-refractivity contribution in [1.29, 1.82) is 0 Å². The van der Waals surface area contributed by atoms with Crippen LogP contribution in [0.2, 0.25) is 5.02 Å². The third kappa shape index (κ3) is 5.34. The average molecular weight is 439 g/mol. The van der Waals surface area contributed by atoms with Gasteiger partial charge in [0.15, 0.2) is 0 Å². The van der Waals surface area contributed by atoms with Gasteiger partial charge in [-0.25, -0.2) is 4.68 Å². The molecule has 0 radical (unpaired) electrons. The molecule has 1 unspecified atom stereocenters. The summed E-state index contributed by atoms with van der Waals surface area (Å²) in [5.41, 5.74) is 3.93. The monoisotopic (exact) mass is 438 g/mol. The number of halogens is 1. The van der Waals surface area contributed by atoms with Crippen molar-refractivity contribution in [1.82, 2.24) is 19.6 Å². The van der Waals surface area contributed by atoms with Crippen LogP contribution in [0.3, 0.4) is 0 Å². The van der Waals surface area contributed by atoms with Gasteiger partial charge in [-0.1, -0.05) is 41.9 Å². The van der Waals surface area contributed by atoms with Gasteiger partial charge in [-0.05, 0) is 38.2 Å². The van der Waals surface area contributed by atoms with E-state index in [-0.39, 0.29) is 12.0 Å². The van der Waals surface area contributed by atoms with Gasteiger partial charge in [-0.3, -0.25) is 9.69 Å². The van der Waals surface area contributed by atoms with E-state index in [2.05, 4.69) is 0 Å². The Morgan fingerprint density at radius 2 is 1.94 bits per heavy atom. The summed E-state index contributed by atoms with van der Waals surface area (Å²) in [5, 5.41) is 5.54. The molecule has 1 amide bonds. The van der Waals surface area contributed by atoms with E-state index in [0.717, 1.165) is 22.5 Å². The van der Waals surface area contributed by atoms with E-state index in [1.165, 1.54) is 0 Å².